The standard InChI is InChI=1S/C23H25ClN2O2/c1-15-8-4-5-10-19(15)14-26-16(2)20(22(17(26)3)23(27)28)13-25-12-18-9-6-7-11-21(18)24/h4-11,25H,12-14H2,1-3H3,(H,27,28). The average Bonchev–Trinajstić information content (AvgIpc) is 2.89. The number of aromatic carboxylic acids is 1. The quantitative estimate of drug-likeness (QED) is 0.584. The van der Waals surface area contributed by atoms with Crippen LogP contribution < -0.4 is 5.32 Å². The zero-order valence-electron chi connectivity index (χ0n) is 16.4. The van der Waals surface area contributed by atoms with Crippen LogP contribution in [0.3, 0.4) is 0 Å². The fourth-order valence-corrected chi connectivity index (χ4v) is 3.81. The molecule has 0 spiro atoms. The highest BCUT2D eigenvalue weighted by Gasteiger charge is 2.22. The first-order chi connectivity index (χ1) is 13.4. The molecule has 0 atom stereocenters. The molecule has 0 unspecified atom stereocenters. The van der Waals surface area contributed by atoms with E-state index in [1.807, 2.05) is 50.2 Å². The van der Waals surface area contributed by atoms with Gasteiger partial charge in [0.1, 0.15) is 0 Å². The molecule has 0 amide bonds. The molecule has 0 bridgehead atoms. The lowest BCUT2D eigenvalue weighted by Crippen LogP contribution is -2.15. The van der Waals surface area contributed by atoms with E-state index < -0.39 is 5.97 Å². The largest absolute Gasteiger partial charge is 0.478 e. The van der Waals surface area contributed by atoms with Crippen LogP contribution in [0.15, 0.2) is 48.5 Å². The van der Waals surface area contributed by atoms with Crippen molar-refractivity contribution in [3.05, 3.63) is 92.8 Å². The number of halogens is 1. The topological polar surface area (TPSA) is 54.3 Å². The van der Waals surface area contributed by atoms with Gasteiger partial charge in [0.25, 0.3) is 0 Å². The van der Waals surface area contributed by atoms with Crippen LogP contribution in [0.2, 0.25) is 5.02 Å². The number of carbonyl (C=O) groups is 1. The highest BCUT2D eigenvalue weighted by molar-refractivity contribution is 6.31. The third-order valence-corrected chi connectivity index (χ3v) is 5.66. The van der Waals surface area contributed by atoms with Crippen LogP contribution in [0.1, 0.15) is 44.0 Å². The van der Waals surface area contributed by atoms with Gasteiger partial charge in [0.2, 0.25) is 0 Å². The summed E-state index contributed by atoms with van der Waals surface area (Å²) in [6.45, 7) is 7.67. The minimum atomic E-state index is -0.890. The predicted molar refractivity (Wildman–Crippen MR) is 113 cm³/mol. The molecular formula is C23H25ClN2O2. The van der Waals surface area contributed by atoms with E-state index in [1.165, 1.54) is 11.1 Å². The van der Waals surface area contributed by atoms with Crippen molar-refractivity contribution < 1.29 is 9.90 Å². The molecule has 3 rings (SSSR count). The molecule has 146 valence electrons. The summed E-state index contributed by atoms with van der Waals surface area (Å²) in [6, 6.07) is 15.9. The molecule has 2 N–H and O–H groups in total. The van der Waals surface area contributed by atoms with Crippen LogP contribution in [0.25, 0.3) is 0 Å². The molecule has 4 nitrogen and oxygen atoms in total. The molecule has 5 heteroatoms. The minimum absolute atomic E-state index is 0.387. The summed E-state index contributed by atoms with van der Waals surface area (Å²) in [7, 11) is 0. The molecule has 0 aliphatic rings. The number of aryl methyl sites for hydroxylation is 1. The van der Waals surface area contributed by atoms with Crippen LogP contribution in [0.5, 0.6) is 0 Å². The Bertz CT molecular complexity index is 1010. The number of nitrogens with one attached hydrogen (secondary N) is 1. The predicted octanol–water partition coefficient (Wildman–Crippen LogP) is 5.10. The number of nitrogens with zero attached hydrogens (tertiary/aromatic N) is 1. The van der Waals surface area contributed by atoms with Crippen molar-refractivity contribution in [2.75, 3.05) is 0 Å². The Kier molecular flexibility index (Phi) is 6.22. The molecule has 0 saturated heterocycles. The highest BCUT2D eigenvalue weighted by Crippen LogP contribution is 2.25. The Morgan fingerprint density at radius 3 is 2.25 bits per heavy atom. The molecule has 3 aromatic rings. The average molecular weight is 397 g/mol. The summed E-state index contributed by atoms with van der Waals surface area (Å²) in [4.78, 5) is 12.0. The van der Waals surface area contributed by atoms with Gasteiger partial charge < -0.3 is 15.0 Å². The molecular weight excluding hydrogens is 372 g/mol. The zero-order valence-corrected chi connectivity index (χ0v) is 17.2. The zero-order chi connectivity index (χ0) is 20.3. The molecule has 2 aromatic carbocycles. The first kappa shape index (κ1) is 20.2. The molecule has 0 radical (unpaired) electrons. The van der Waals surface area contributed by atoms with Gasteiger partial charge in [-0.05, 0) is 43.5 Å². The maximum atomic E-state index is 12.0. The van der Waals surface area contributed by atoms with Crippen LogP contribution in [-0.2, 0) is 19.6 Å². The number of benzene rings is 2. The van der Waals surface area contributed by atoms with Crippen LogP contribution >= 0.6 is 11.6 Å². The Morgan fingerprint density at radius 1 is 0.964 bits per heavy atom. The van der Waals surface area contributed by atoms with Gasteiger partial charge >= 0.3 is 5.97 Å². The molecule has 1 aromatic heterocycles. The number of rotatable bonds is 7. The molecule has 1 heterocycles. The Hall–Kier alpha value is -2.56. The Balaban J connectivity index is 1.87. The van der Waals surface area contributed by atoms with Crippen molar-refractivity contribution in [2.45, 2.75) is 40.4 Å². The van der Waals surface area contributed by atoms with Crippen molar-refractivity contribution in [3.63, 3.8) is 0 Å². The SMILES string of the molecule is Cc1ccccc1Cn1c(C)c(CNCc2ccccc2Cl)c(C(=O)O)c1C. The van der Waals surface area contributed by atoms with Gasteiger partial charge in [-0.25, -0.2) is 4.79 Å². The van der Waals surface area contributed by atoms with Gasteiger partial charge in [0.15, 0.2) is 0 Å². The molecule has 0 saturated carbocycles. The van der Waals surface area contributed by atoms with E-state index in [2.05, 4.69) is 28.9 Å². The number of carboxylic acids is 1. The van der Waals surface area contributed by atoms with Crippen molar-refractivity contribution in [2.24, 2.45) is 0 Å². The minimum Gasteiger partial charge on any atom is -0.478 e. The van der Waals surface area contributed by atoms with Crippen LogP contribution in [0.4, 0.5) is 0 Å². The van der Waals surface area contributed by atoms with Crippen LogP contribution in [0, 0.1) is 20.8 Å². The number of hydrogen-bond donors (Lipinski definition) is 2. The second-order valence-electron chi connectivity index (χ2n) is 7.04. The summed E-state index contributed by atoms with van der Waals surface area (Å²) >= 11 is 6.22. The maximum Gasteiger partial charge on any atom is 0.337 e. The lowest BCUT2D eigenvalue weighted by Gasteiger charge is -2.12. The van der Waals surface area contributed by atoms with E-state index >= 15 is 0 Å². The van der Waals surface area contributed by atoms with E-state index in [0.717, 1.165) is 22.5 Å². The van der Waals surface area contributed by atoms with Gasteiger partial charge in [-0.1, -0.05) is 54.1 Å². The summed E-state index contributed by atoms with van der Waals surface area (Å²) in [5.74, 6) is -0.890. The maximum absolute atomic E-state index is 12.0. The van der Waals surface area contributed by atoms with Crippen LogP contribution in [-0.4, -0.2) is 15.6 Å². The Labute approximate surface area is 170 Å². The summed E-state index contributed by atoms with van der Waals surface area (Å²) in [6.07, 6.45) is 0. The van der Waals surface area contributed by atoms with E-state index in [9.17, 15) is 9.90 Å². The smallest absolute Gasteiger partial charge is 0.337 e. The second-order valence-corrected chi connectivity index (χ2v) is 7.44. The monoisotopic (exact) mass is 396 g/mol. The lowest BCUT2D eigenvalue weighted by molar-refractivity contribution is 0.0694. The fraction of sp³-hybridized carbons (Fsp3) is 0.261. The molecule has 28 heavy (non-hydrogen) atoms. The number of carboxylic acid groups (broad SMARTS) is 1. The van der Waals surface area contributed by atoms with E-state index in [-0.39, 0.29) is 0 Å². The van der Waals surface area contributed by atoms with Crippen molar-refractivity contribution in [3.8, 4) is 0 Å². The summed E-state index contributed by atoms with van der Waals surface area (Å²) < 4.78 is 2.10. The van der Waals surface area contributed by atoms with Gasteiger partial charge in [-0.15, -0.1) is 0 Å². The van der Waals surface area contributed by atoms with Crippen molar-refractivity contribution in [1.29, 1.82) is 0 Å². The van der Waals surface area contributed by atoms with Gasteiger partial charge in [0.05, 0.1) is 5.56 Å². The van der Waals surface area contributed by atoms with E-state index in [4.69, 9.17) is 11.6 Å². The third-order valence-electron chi connectivity index (χ3n) is 5.29. The molecule has 0 aliphatic carbocycles. The third kappa shape index (κ3) is 4.13. The summed E-state index contributed by atoms with van der Waals surface area (Å²) in [5.41, 5.74) is 6.35. The number of aromatic nitrogens is 1. The van der Waals surface area contributed by atoms with Gasteiger partial charge in [-0.3, -0.25) is 0 Å². The molecule has 0 aliphatic heterocycles. The second kappa shape index (κ2) is 8.63. The fourth-order valence-electron chi connectivity index (χ4n) is 3.61. The van der Waals surface area contributed by atoms with Crippen molar-refractivity contribution >= 4 is 17.6 Å². The number of hydrogen-bond acceptors (Lipinski definition) is 2. The summed E-state index contributed by atoms with van der Waals surface area (Å²) in [5, 5.41) is 13.9. The van der Waals surface area contributed by atoms with Gasteiger partial charge in [0, 0.05) is 41.6 Å². The Morgan fingerprint density at radius 2 is 1.61 bits per heavy atom. The first-order valence-corrected chi connectivity index (χ1v) is 9.68. The van der Waals surface area contributed by atoms with Crippen molar-refractivity contribution in [1.82, 2.24) is 9.88 Å². The van der Waals surface area contributed by atoms with E-state index in [0.29, 0.717) is 30.2 Å². The lowest BCUT2D eigenvalue weighted by atomic mass is 10.1. The normalized spacial score (nSPS) is 11.0. The molecule has 0 fully saturated rings. The highest BCUT2D eigenvalue weighted by atomic mass is 35.5. The van der Waals surface area contributed by atoms with E-state index in [1.54, 1.807) is 0 Å². The first-order valence-electron chi connectivity index (χ1n) is 9.30. The van der Waals surface area contributed by atoms with Gasteiger partial charge in [-0.2, -0.15) is 0 Å².